The number of benzene rings is 2. The van der Waals surface area contributed by atoms with Crippen molar-refractivity contribution in [1.82, 2.24) is 4.90 Å². The molecule has 1 fully saturated rings. The Morgan fingerprint density at radius 1 is 1.20 bits per heavy atom. The minimum absolute atomic E-state index is 0.175. The van der Waals surface area contributed by atoms with Gasteiger partial charge in [-0.15, -0.1) is 0 Å². The third-order valence-electron chi connectivity index (χ3n) is 4.87. The van der Waals surface area contributed by atoms with Crippen molar-refractivity contribution in [2.45, 2.75) is 31.6 Å². The van der Waals surface area contributed by atoms with Gasteiger partial charge in [-0.3, -0.25) is 4.90 Å². The molecular formula is C20H22ClNO3. The molecule has 0 aromatic heterocycles. The highest BCUT2D eigenvalue weighted by Gasteiger charge is 2.29. The summed E-state index contributed by atoms with van der Waals surface area (Å²) < 4.78 is 11.5. The second-order valence-corrected chi connectivity index (χ2v) is 7.18. The number of aliphatic hydroxyl groups is 1. The molecule has 2 aromatic carbocycles. The van der Waals surface area contributed by atoms with E-state index in [4.69, 9.17) is 21.1 Å². The molecule has 0 radical (unpaired) electrons. The Kier molecular flexibility index (Phi) is 4.84. The lowest BCUT2D eigenvalue weighted by molar-refractivity contribution is -0.0275. The number of likely N-dealkylation sites (tertiary alicyclic amines) is 1. The first-order chi connectivity index (χ1) is 12.2. The van der Waals surface area contributed by atoms with Crippen LogP contribution in [-0.2, 0) is 13.0 Å². The van der Waals surface area contributed by atoms with E-state index in [9.17, 15) is 5.11 Å². The van der Waals surface area contributed by atoms with Crippen LogP contribution >= 0.6 is 11.6 Å². The molecule has 2 aliphatic rings. The van der Waals surface area contributed by atoms with Crippen molar-refractivity contribution in [3.8, 4) is 11.5 Å². The van der Waals surface area contributed by atoms with Gasteiger partial charge in [-0.1, -0.05) is 23.7 Å². The number of halogens is 1. The molecule has 5 heteroatoms. The molecule has 2 heterocycles. The second kappa shape index (κ2) is 7.24. The zero-order chi connectivity index (χ0) is 17.2. The van der Waals surface area contributed by atoms with Crippen LogP contribution in [-0.4, -0.2) is 41.9 Å². The van der Waals surface area contributed by atoms with E-state index >= 15 is 0 Å². The van der Waals surface area contributed by atoms with E-state index < -0.39 is 6.10 Å². The summed E-state index contributed by atoms with van der Waals surface area (Å²) >= 11 is 5.89. The molecule has 4 rings (SSSR count). The second-order valence-electron chi connectivity index (χ2n) is 6.74. The number of nitrogens with zero attached hydrogens (tertiary/aromatic N) is 1. The summed E-state index contributed by atoms with van der Waals surface area (Å²) in [6, 6.07) is 13.7. The fourth-order valence-corrected chi connectivity index (χ4v) is 3.67. The quantitative estimate of drug-likeness (QED) is 0.909. The van der Waals surface area contributed by atoms with Gasteiger partial charge < -0.3 is 14.6 Å². The topological polar surface area (TPSA) is 41.9 Å². The van der Waals surface area contributed by atoms with Crippen LogP contribution in [0.4, 0.5) is 0 Å². The monoisotopic (exact) mass is 359 g/mol. The van der Waals surface area contributed by atoms with Gasteiger partial charge in [0.1, 0.15) is 23.7 Å². The van der Waals surface area contributed by atoms with Crippen molar-refractivity contribution in [2.75, 3.05) is 19.7 Å². The van der Waals surface area contributed by atoms with Crippen LogP contribution in [0.5, 0.6) is 11.5 Å². The number of hydrogen-bond donors (Lipinski definition) is 1. The number of rotatable bonds is 4. The summed E-state index contributed by atoms with van der Waals surface area (Å²) in [5.41, 5.74) is 2.56. The van der Waals surface area contributed by atoms with Crippen molar-refractivity contribution < 1.29 is 14.6 Å². The van der Waals surface area contributed by atoms with E-state index in [0.717, 1.165) is 44.0 Å². The first-order valence-electron chi connectivity index (χ1n) is 8.74. The Bertz CT molecular complexity index is 734. The molecule has 25 heavy (non-hydrogen) atoms. The van der Waals surface area contributed by atoms with Crippen LogP contribution in [0.2, 0.25) is 5.02 Å². The number of β-amino-alcohol motifs (C(OH)–C–C–N with tert-alkyl or cyclic N) is 1. The Balaban J connectivity index is 1.34. The van der Waals surface area contributed by atoms with Crippen LogP contribution in [0.15, 0.2) is 42.5 Å². The summed E-state index contributed by atoms with van der Waals surface area (Å²) in [5.74, 6) is 1.76. The van der Waals surface area contributed by atoms with Crippen molar-refractivity contribution in [3.05, 3.63) is 58.6 Å². The van der Waals surface area contributed by atoms with Gasteiger partial charge in [-0.05, 0) is 47.9 Å². The predicted octanol–water partition coefficient (Wildman–Crippen LogP) is 3.29. The fourth-order valence-electron chi connectivity index (χ4n) is 3.54. The average Bonchev–Trinajstić information content (AvgIpc) is 3.07. The maximum atomic E-state index is 10.5. The minimum atomic E-state index is -0.498. The highest BCUT2D eigenvalue weighted by atomic mass is 35.5. The SMILES string of the molecule is O[C@@H]1CN(Cc2ccc3c(c2)CCO3)CC[C@H]1Oc1ccc(Cl)cc1. The van der Waals surface area contributed by atoms with Crippen molar-refractivity contribution in [3.63, 3.8) is 0 Å². The van der Waals surface area contributed by atoms with Crippen LogP contribution < -0.4 is 9.47 Å². The molecule has 0 spiro atoms. The zero-order valence-electron chi connectivity index (χ0n) is 14.0. The van der Waals surface area contributed by atoms with E-state index in [-0.39, 0.29) is 6.10 Å². The molecule has 1 N–H and O–H groups in total. The Labute approximate surface area is 152 Å². The number of aliphatic hydroxyl groups excluding tert-OH is 1. The van der Waals surface area contributed by atoms with Crippen LogP contribution in [0.3, 0.4) is 0 Å². The van der Waals surface area contributed by atoms with Crippen molar-refractivity contribution in [2.24, 2.45) is 0 Å². The Morgan fingerprint density at radius 3 is 2.84 bits per heavy atom. The highest BCUT2D eigenvalue weighted by Crippen LogP contribution is 2.27. The summed E-state index contributed by atoms with van der Waals surface area (Å²) in [7, 11) is 0. The van der Waals surface area contributed by atoms with Gasteiger partial charge in [0.25, 0.3) is 0 Å². The van der Waals surface area contributed by atoms with Gasteiger partial charge in [0, 0.05) is 31.1 Å². The van der Waals surface area contributed by atoms with Gasteiger partial charge in [0.2, 0.25) is 0 Å². The van der Waals surface area contributed by atoms with Crippen molar-refractivity contribution >= 4 is 11.6 Å². The largest absolute Gasteiger partial charge is 0.493 e. The Morgan fingerprint density at radius 2 is 2.04 bits per heavy atom. The summed E-state index contributed by atoms with van der Waals surface area (Å²) in [6.07, 6.45) is 1.12. The lowest BCUT2D eigenvalue weighted by atomic mass is 10.0. The lowest BCUT2D eigenvalue weighted by Gasteiger charge is -2.36. The predicted molar refractivity (Wildman–Crippen MR) is 97.4 cm³/mol. The van der Waals surface area contributed by atoms with E-state index in [0.29, 0.717) is 11.6 Å². The average molecular weight is 360 g/mol. The summed E-state index contributed by atoms with van der Waals surface area (Å²) in [4.78, 5) is 2.28. The molecule has 2 atom stereocenters. The Hall–Kier alpha value is -1.75. The number of fused-ring (bicyclic) bond motifs is 1. The molecule has 0 amide bonds. The maximum Gasteiger partial charge on any atom is 0.127 e. The fraction of sp³-hybridized carbons (Fsp3) is 0.400. The first-order valence-corrected chi connectivity index (χ1v) is 9.12. The molecule has 0 saturated carbocycles. The third-order valence-corrected chi connectivity index (χ3v) is 5.12. The number of hydrogen-bond acceptors (Lipinski definition) is 4. The van der Waals surface area contributed by atoms with Gasteiger partial charge >= 0.3 is 0 Å². The number of piperidine rings is 1. The van der Waals surface area contributed by atoms with Gasteiger partial charge in [0.05, 0.1) is 6.61 Å². The lowest BCUT2D eigenvalue weighted by Crippen LogP contribution is -2.48. The van der Waals surface area contributed by atoms with Crippen LogP contribution in [0.25, 0.3) is 0 Å². The van der Waals surface area contributed by atoms with Gasteiger partial charge in [0.15, 0.2) is 0 Å². The standard InChI is InChI=1S/C20H22ClNO3/c21-16-2-4-17(5-3-16)25-20-7-9-22(13-18(20)23)12-14-1-6-19-15(11-14)8-10-24-19/h1-6,11,18,20,23H,7-10,12-13H2/t18-,20-/m1/s1. The van der Waals surface area contributed by atoms with Crippen LogP contribution in [0.1, 0.15) is 17.5 Å². The molecule has 2 aromatic rings. The number of ether oxygens (including phenoxy) is 2. The van der Waals surface area contributed by atoms with Gasteiger partial charge in [-0.2, -0.15) is 0 Å². The summed E-state index contributed by atoms with van der Waals surface area (Å²) in [5, 5.41) is 11.2. The van der Waals surface area contributed by atoms with E-state index in [1.54, 1.807) is 12.1 Å². The maximum absolute atomic E-state index is 10.5. The first kappa shape index (κ1) is 16.7. The van der Waals surface area contributed by atoms with E-state index in [2.05, 4.69) is 23.1 Å². The van der Waals surface area contributed by atoms with E-state index in [1.165, 1.54) is 11.1 Å². The molecule has 2 aliphatic heterocycles. The summed E-state index contributed by atoms with van der Waals surface area (Å²) in [6.45, 7) is 3.15. The molecule has 0 bridgehead atoms. The molecule has 1 saturated heterocycles. The van der Waals surface area contributed by atoms with Gasteiger partial charge in [-0.25, -0.2) is 0 Å². The normalized spacial score (nSPS) is 23.1. The molecule has 0 aliphatic carbocycles. The van der Waals surface area contributed by atoms with E-state index in [1.807, 2.05) is 12.1 Å². The molecule has 0 unspecified atom stereocenters. The van der Waals surface area contributed by atoms with Crippen molar-refractivity contribution in [1.29, 1.82) is 0 Å². The third kappa shape index (κ3) is 3.92. The molecule has 132 valence electrons. The van der Waals surface area contributed by atoms with Crippen LogP contribution in [0, 0.1) is 0 Å². The zero-order valence-corrected chi connectivity index (χ0v) is 14.8. The molecule has 4 nitrogen and oxygen atoms in total. The smallest absolute Gasteiger partial charge is 0.127 e. The highest BCUT2D eigenvalue weighted by molar-refractivity contribution is 6.30. The molecular weight excluding hydrogens is 338 g/mol. The minimum Gasteiger partial charge on any atom is -0.493 e.